The highest BCUT2D eigenvalue weighted by Gasteiger charge is 2.33. The molecular weight excluding hydrogens is 350 g/mol. The zero-order valence-corrected chi connectivity index (χ0v) is 16.6. The molecule has 0 bridgehead atoms. The van der Waals surface area contributed by atoms with Gasteiger partial charge in [0.25, 0.3) is 0 Å². The number of rotatable bonds is 5. The number of ether oxygens (including phenoxy) is 2. The lowest BCUT2D eigenvalue weighted by molar-refractivity contribution is 0.0972. The summed E-state index contributed by atoms with van der Waals surface area (Å²) in [5, 5.41) is 0. The van der Waals surface area contributed by atoms with Crippen LogP contribution in [-0.2, 0) is 6.42 Å². The summed E-state index contributed by atoms with van der Waals surface area (Å²) in [6.45, 7) is 2.30. The van der Waals surface area contributed by atoms with Crippen molar-refractivity contribution in [2.24, 2.45) is 0 Å². The zero-order valence-electron chi connectivity index (χ0n) is 16.6. The molecule has 4 heteroatoms. The molecule has 0 amide bonds. The van der Waals surface area contributed by atoms with E-state index in [9.17, 15) is 4.79 Å². The van der Waals surface area contributed by atoms with Crippen LogP contribution in [0.4, 0.5) is 0 Å². The SMILES string of the molecule is COc1cc2c(cc1OC)C(=O)C(c1ccc(/C=C/N3CCCCC3)cc1)C2. The molecule has 4 rings (SSSR count). The van der Waals surface area contributed by atoms with Crippen molar-refractivity contribution in [3.8, 4) is 11.5 Å². The van der Waals surface area contributed by atoms with Gasteiger partial charge in [0.1, 0.15) is 0 Å². The third-order valence-electron chi connectivity index (χ3n) is 5.82. The maximum Gasteiger partial charge on any atom is 0.171 e. The summed E-state index contributed by atoms with van der Waals surface area (Å²) in [7, 11) is 3.21. The molecule has 2 aliphatic rings. The molecule has 0 aromatic heterocycles. The van der Waals surface area contributed by atoms with Crippen molar-refractivity contribution < 1.29 is 14.3 Å². The lowest BCUT2D eigenvalue weighted by atomic mass is 9.94. The van der Waals surface area contributed by atoms with Gasteiger partial charge in [0.05, 0.1) is 20.1 Å². The molecule has 4 nitrogen and oxygen atoms in total. The number of ketones is 1. The van der Waals surface area contributed by atoms with Gasteiger partial charge in [-0.25, -0.2) is 0 Å². The molecule has 0 saturated carbocycles. The van der Waals surface area contributed by atoms with Gasteiger partial charge >= 0.3 is 0 Å². The molecule has 1 aliphatic heterocycles. The molecular formula is C24H27NO3. The first-order valence-corrected chi connectivity index (χ1v) is 10.0. The van der Waals surface area contributed by atoms with Crippen molar-refractivity contribution in [3.63, 3.8) is 0 Å². The topological polar surface area (TPSA) is 38.8 Å². The smallest absolute Gasteiger partial charge is 0.171 e. The highest BCUT2D eigenvalue weighted by molar-refractivity contribution is 6.06. The highest BCUT2D eigenvalue weighted by Crippen LogP contribution is 2.40. The minimum Gasteiger partial charge on any atom is -0.493 e. The Morgan fingerprint density at radius 1 is 0.964 bits per heavy atom. The molecule has 146 valence electrons. The molecule has 1 aliphatic carbocycles. The maximum absolute atomic E-state index is 13.0. The third kappa shape index (κ3) is 3.64. The molecule has 1 fully saturated rings. The Bertz CT molecular complexity index is 879. The predicted molar refractivity (Wildman–Crippen MR) is 111 cm³/mol. The first kappa shape index (κ1) is 18.6. The monoisotopic (exact) mass is 377 g/mol. The summed E-state index contributed by atoms with van der Waals surface area (Å²) in [6.07, 6.45) is 8.97. The van der Waals surface area contributed by atoms with E-state index in [1.807, 2.05) is 12.1 Å². The average Bonchev–Trinajstić information content (AvgIpc) is 3.08. The van der Waals surface area contributed by atoms with E-state index < -0.39 is 0 Å². The molecule has 2 aromatic carbocycles. The Morgan fingerprint density at radius 3 is 2.32 bits per heavy atom. The highest BCUT2D eigenvalue weighted by atomic mass is 16.5. The Morgan fingerprint density at radius 2 is 1.64 bits per heavy atom. The van der Waals surface area contributed by atoms with E-state index in [2.05, 4.69) is 41.4 Å². The van der Waals surface area contributed by atoms with Crippen LogP contribution >= 0.6 is 0 Å². The van der Waals surface area contributed by atoms with E-state index in [-0.39, 0.29) is 11.7 Å². The van der Waals surface area contributed by atoms with Crippen LogP contribution in [-0.4, -0.2) is 38.0 Å². The van der Waals surface area contributed by atoms with Gasteiger partial charge in [0.15, 0.2) is 17.3 Å². The number of methoxy groups -OCH3 is 2. The quantitative estimate of drug-likeness (QED) is 0.758. The number of piperidine rings is 1. The van der Waals surface area contributed by atoms with Crippen molar-refractivity contribution in [1.29, 1.82) is 0 Å². The molecule has 28 heavy (non-hydrogen) atoms. The number of carbonyl (C=O) groups excluding carboxylic acids is 1. The summed E-state index contributed by atoms with van der Waals surface area (Å²) >= 11 is 0. The summed E-state index contributed by atoms with van der Waals surface area (Å²) in [5.74, 6) is 1.31. The minimum atomic E-state index is -0.132. The summed E-state index contributed by atoms with van der Waals surface area (Å²) in [4.78, 5) is 15.3. The second kappa shape index (κ2) is 8.09. The number of hydrogen-bond donors (Lipinski definition) is 0. The molecule has 1 saturated heterocycles. The normalized spacial score (nSPS) is 19.1. The van der Waals surface area contributed by atoms with Crippen molar-refractivity contribution in [2.45, 2.75) is 31.6 Å². The molecule has 0 N–H and O–H groups in total. The fourth-order valence-corrected chi connectivity index (χ4v) is 4.19. The third-order valence-corrected chi connectivity index (χ3v) is 5.82. The second-order valence-electron chi connectivity index (χ2n) is 7.56. The standard InChI is InChI=1S/C24H27NO3/c1-27-22-15-19-14-20(24(26)21(19)16-23(22)28-2)18-8-6-17(7-9-18)10-13-25-11-4-3-5-12-25/h6-10,13,15-16,20H,3-5,11-12,14H2,1-2H3/b13-10+. The largest absolute Gasteiger partial charge is 0.493 e. The van der Waals surface area contributed by atoms with Crippen LogP contribution in [0.15, 0.2) is 42.6 Å². The van der Waals surface area contributed by atoms with E-state index in [1.165, 1.54) is 24.8 Å². The van der Waals surface area contributed by atoms with Crippen LogP contribution in [0.3, 0.4) is 0 Å². The van der Waals surface area contributed by atoms with Crippen LogP contribution in [0.2, 0.25) is 0 Å². The maximum atomic E-state index is 13.0. The van der Waals surface area contributed by atoms with Crippen LogP contribution in [0.25, 0.3) is 6.08 Å². The molecule has 1 unspecified atom stereocenters. The second-order valence-corrected chi connectivity index (χ2v) is 7.56. The van der Waals surface area contributed by atoms with Gasteiger partial charge in [-0.15, -0.1) is 0 Å². The van der Waals surface area contributed by atoms with E-state index in [0.717, 1.165) is 29.8 Å². The van der Waals surface area contributed by atoms with Crippen LogP contribution < -0.4 is 9.47 Å². The average molecular weight is 377 g/mol. The number of likely N-dealkylation sites (tertiary alicyclic amines) is 1. The summed E-state index contributed by atoms with van der Waals surface area (Å²) in [5.41, 5.74) is 4.01. The Hall–Kier alpha value is -2.75. The Kier molecular flexibility index (Phi) is 5.38. The first-order valence-electron chi connectivity index (χ1n) is 10.0. The van der Waals surface area contributed by atoms with Crippen molar-refractivity contribution in [3.05, 3.63) is 64.9 Å². The zero-order chi connectivity index (χ0) is 19.5. The number of fused-ring (bicyclic) bond motifs is 1. The number of benzene rings is 2. The molecule has 1 atom stereocenters. The van der Waals surface area contributed by atoms with Gasteiger partial charge in [-0.1, -0.05) is 24.3 Å². The van der Waals surface area contributed by atoms with Crippen LogP contribution in [0, 0.1) is 0 Å². The fraction of sp³-hybridized carbons (Fsp3) is 0.375. The van der Waals surface area contributed by atoms with Gasteiger partial charge in [0.2, 0.25) is 0 Å². The van der Waals surface area contributed by atoms with E-state index in [4.69, 9.17) is 9.47 Å². The van der Waals surface area contributed by atoms with Crippen molar-refractivity contribution >= 4 is 11.9 Å². The predicted octanol–water partition coefficient (Wildman–Crippen LogP) is 4.68. The number of Topliss-reactive ketones (excluding diaryl/α,β-unsaturated/α-hetero) is 1. The van der Waals surface area contributed by atoms with E-state index in [0.29, 0.717) is 17.9 Å². The molecule has 0 radical (unpaired) electrons. The van der Waals surface area contributed by atoms with Gasteiger partial charge in [-0.3, -0.25) is 4.79 Å². The molecule has 0 spiro atoms. The fourth-order valence-electron chi connectivity index (χ4n) is 4.19. The van der Waals surface area contributed by atoms with Crippen molar-refractivity contribution in [1.82, 2.24) is 4.90 Å². The van der Waals surface area contributed by atoms with Gasteiger partial charge in [-0.05, 0) is 66.8 Å². The number of carbonyl (C=O) groups is 1. The van der Waals surface area contributed by atoms with Gasteiger partial charge in [0, 0.05) is 18.7 Å². The van der Waals surface area contributed by atoms with Crippen molar-refractivity contribution in [2.75, 3.05) is 27.3 Å². The molecule has 1 heterocycles. The first-order chi connectivity index (χ1) is 13.7. The Labute approximate surface area is 166 Å². The number of hydrogen-bond acceptors (Lipinski definition) is 4. The molecule has 2 aromatic rings. The van der Waals surface area contributed by atoms with Gasteiger partial charge < -0.3 is 14.4 Å². The summed E-state index contributed by atoms with van der Waals surface area (Å²) < 4.78 is 10.7. The van der Waals surface area contributed by atoms with E-state index in [1.54, 1.807) is 14.2 Å². The van der Waals surface area contributed by atoms with E-state index >= 15 is 0 Å². The van der Waals surface area contributed by atoms with Gasteiger partial charge in [-0.2, -0.15) is 0 Å². The lowest BCUT2D eigenvalue weighted by Crippen LogP contribution is -2.23. The Balaban J connectivity index is 1.50. The lowest BCUT2D eigenvalue weighted by Gasteiger charge is -2.24. The summed E-state index contributed by atoms with van der Waals surface area (Å²) in [6, 6.07) is 12.1. The van der Waals surface area contributed by atoms with Crippen LogP contribution in [0.1, 0.15) is 52.2 Å². The number of nitrogens with zero attached hydrogens (tertiary/aromatic N) is 1. The van der Waals surface area contributed by atoms with Crippen LogP contribution in [0.5, 0.6) is 11.5 Å². The minimum absolute atomic E-state index is 0.132.